The van der Waals surface area contributed by atoms with Crippen LogP contribution >= 0.6 is 0 Å². The van der Waals surface area contributed by atoms with E-state index < -0.39 is 72.4 Å². The zero-order valence-electron chi connectivity index (χ0n) is 12.9. The van der Waals surface area contributed by atoms with Crippen molar-refractivity contribution in [2.45, 2.75) is 25.3 Å². The molecule has 0 amide bonds. The van der Waals surface area contributed by atoms with E-state index in [1.165, 1.54) is 6.92 Å². The maximum atomic E-state index is 12.4. The monoisotopic (exact) mass is 362 g/mol. The third-order valence-electron chi connectivity index (χ3n) is 4.62. The number of carbonyl (C=O) groups is 4. The Morgan fingerprint density at radius 1 is 1.20 bits per heavy atom. The van der Waals surface area contributed by atoms with Crippen LogP contribution in [0.2, 0.25) is 0 Å². The second-order valence-corrected chi connectivity index (χ2v) is 6.28. The van der Waals surface area contributed by atoms with Crippen LogP contribution in [-0.2, 0) is 33.4 Å². The fourth-order valence-electron chi connectivity index (χ4n) is 3.72. The van der Waals surface area contributed by atoms with E-state index in [2.05, 4.69) is 11.3 Å². The molecule has 6 atom stereocenters. The second kappa shape index (κ2) is 5.57. The van der Waals surface area contributed by atoms with Crippen LogP contribution in [0.25, 0.3) is 0 Å². The average molecular weight is 362 g/mol. The van der Waals surface area contributed by atoms with Crippen LogP contribution in [0.1, 0.15) is 6.92 Å². The molecule has 2 saturated carbocycles. The number of hydrogen-bond donors (Lipinski definition) is 0. The van der Waals surface area contributed by atoms with Gasteiger partial charge in [-0.25, -0.2) is 4.79 Å². The molecule has 10 heteroatoms. The summed E-state index contributed by atoms with van der Waals surface area (Å²) in [6, 6.07) is 0. The van der Waals surface area contributed by atoms with E-state index in [9.17, 15) is 32.3 Å². The Morgan fingerprint density at radius 2 is 1.84 bits per heavy atom. The summed E-state index contributed by atoms with van der Waals surface area (Å²) in [5, 5.41) is 0. The molecular formula is C15H13F3O7. The van der Waals surface area contributed by atoms with Crippen molar-refractivity contribution < 1.29 is 46.6 Å². The lowest BCUT2D eigenvalue weighted by atomic mass is 9.78. The van der Waals surface area contributed by atoms with E-state index >= 15 is 0 Å². The first kappa shape index (κ1) is 17.4. The third-order valence-corrected chi connectivity index (χ3v) is 4.62. The summed E-state index contributed by atoms with van der Waals surface area (Å²) in [5.41, 5.74) is 0.0206. The van der Waals surface area contributed by atoms with Gasteiger partial charge in [0.25, 0.3) is 0 Å². The van der Waals surface area contributed by atoms with Crippen LogP contribution in [0.3, 0.4) is 0 Å². The number of alkyl halides is 3. The molecule has 3 aliphatic rings. The summed E-state index contributed by atoms with van der Waals surface area (Å²) >= 11 is 0. The van der Waals surface area contributed by atoms with Crippen molar-refractivity contribution in [3.63, 3.8) is 0 Å². The normalized spacial score (nSPS) is 35.5. The molecule has 2 bridgehead atoms. The summed E-state index contributed by atoms with van der Waals surface area (Å²) in [5.74, 6) is -8.58. The van der Waals surface area contributed by atoms with Gasteiger partial charge in [0.15, 0.2) is 12.7 Å². The molecule has 0 aromatic rings. The summed E-state index contributed by atoms with van der Waals surface area (Å²) in [6.45, 7) is 2.90. The van der Waals surface area contributed by atoms with Gasteiger partial charge in [-0.15, -0.1) is 0 Å². The number of Topliss-reactive ketones (excluding diaryl/α,β-unsaturated/α-hetero) is 1. The second-order valence-electron chi connectivity index (χ2n) is 6.28. The van der Waals surface area contributed by atoms with Gasteiger partial charge < -0.3 is 14.2 Å². The molecule has 136 valence electrons. The number of rotatable bonds is 4. The van der Waals surface area contributed by atoms with Crippen LogP contribution in [0.4, 0.5) is 13.2 Å². The molecule has 0 aromatic carbocycles. The number of ether oxygens (including phenoxy) is 3. The Kier molecular flexibility index (Phi) is 3.88. The summed E-state index contributed by atoms with van der Waals surface area (Å²) < 4.78 is 51.1. The third kappa shape index (κ3) is 2.69. The maximum Gasteiger partial charge on any atom is 0.422 e. The number of fused-ring (bicyclic) bond motifs is 1. The van der Waals surface area contributed by atoms with E-state index in [0.717, 1.165) is 0 Å². The van der Waals surface area contributed by atoms with Crippen LogP contribution in [0, 0.1) is 23.7 Å². The molecule has 7 nitrogen and oxygen atoms in total. The van der Waals surface area contributed by atoms with Gasteiger partial charge in [0.2, 0.25) is 0 Å². The van der Waals surface area contributed by atoms with E-state index in [4.69, 9.17) is 9.47 Å². The molecule has 0 radical (unpaired) electrons. The molecule has 0 aromatic heterocycles. The van der Waals surface area contributed by atoms with Gasteiger partial charge in [-0.2, -0.15) is 13.2 Å². The lowest BCUT2D eigenvalue weighted by Crippen LogP contribution is -2.44. The van der Waals surface area contributed by atoms with Crippen molar-refractivity contribution in [3.8, 4) is 0 Å². The number of hydrogen-bond acceptors (Lipinski definition) is 7. The fraction of sp³-hybridized carbons (Fsp3) is 0.600. The summed E-state index contributed by atoms with van der Waals surface area (Å²) in [7, 11) is 0. The standard InChI is InChI=1S/C15H13F3O7/c1-4(2)12(20)24-10-7-5(13(21)23-3-15(16,17)18)6-8(9(7)19)11(10)25-14(6)22/h5-8,10-11H,1,3H2,2H3. The predicted octanol–water partition coefficient (Wildman–Crippen LogP) is 0.566. The van der Waals surface area contributed by atoms with Crippen LogP contribution < -0.4 is 0 Å². The van der Waals surface area contributed by atoms with E-state index in [-0.39, 0.29) is 5.57 Å². The minimum atomic E-state index is -4.75. The van der Waals surface area contributed by atoms with Crippen LogP contribution in [0.15, 0.2) is 12.2 Å². The van der Waals surface area contributed by atoms with Crippen molar-refractivity contribution >= 4 is 23.7 Å². The zero-order valence-corrected chi connectivity index (χ0v) is 12.9. The van der Waals surface area contributed by atoms with Crippen molar-refractivity contribution in [3.05, 3.63) is 12.2 Å². The highest BCUT2D eigenvalue weighted by molar-refractivity contribution is 6.03. The SMILES string of the molecule is C=C(C)C(=O)OC1C2OC(=O)C3C2C(=O)C1C3C(=O)OCC(F)(F)F. The maximum absolute atomic E-state index is 12.4. The number of carbonyl (C=O) groups excluding carboxylic acids is 4. The van der Waals surface area contributed by atoms with Gasteiger partial charge in [0.05, 0.1) is 23.7 Å². The number of esters is 3. The van der Waals surface area contributed by atoms with Gasteiger partial charge >= 0.3 is 24.1 Å². The highest BCUT2D eigenvalue weighted by Gasteiger charge is 2.75. The van der Waals surface area contributed by atoms with Crippen molar-refractivity contribution in [1.29, 1.82) is 0 Å². The Labute approximate surface area is 139 Å². The summed E-state index contributed by atoms with van der Waals surface area (Å²) in [6.07, 6.45) is -7.03. The minimum Gasteiger partial charge on any atom is -0.457 e. The molecule has 2 aliphatic carbocycles. The molecule has 1 heterocycles. The Hall–Kier alpha value is -2.39. The minimum absolute atomic E-state index is 0.0206. The fourth-order valence-corrected chi connectivity index (χ4v) is 3.72. The first-order valence-corrected chi connectivity index (χ1v) is 7.37. The predicted molar refractivity (Wildman–Crippen MR) is 70.6 cm³/mol. The Morgan fingerprint density at radius 3 is 2.40 bits per heavy atom. The Balaban J connectivity index is 1.85. The molecule has 25 heavy (non-hydrogen) atoms. The van der Waals surface area contributed by atoms with E-state index in [0.29, 0.717) is 0 Å². The molecule has 1 aliphatic heterocycles. The molecule has 6 unspecified atom stereocenters. The summed E-state index contributed by atoms with van der Waals surface area (Å²) in [4.78, 5) is 48.2. The van der Waals surface area contributed by atoms with Gasteiger partial charge in [-0.1, -0.05) is 6.58 Å². The number of halogens is 3. The molecule has 0 spiro atoms. The van der Waals surface area contributed by atoms with Crippen molar-refractivity contribution in [2.75, 3.05) is 6.61 Å². The van der Waals surface area contributed by atoms with Crippen LogP contribution in [-0.4, -0.2) is 48.7 Å². The highest BCUT2D eigenvalue weighted by atomic mass is 19.4. The van der Waals surface area contributed by atoms with E-state index in [1.807, 2.05) is 0 Å². The smallest absolute Gasteiger partial charge is 0.422 e. The molecule has 1 saturated heterocycles. The average Bonchev–Trinajstić information content (AvgIpc) is 3.03. The van der Waals surface area contributed by atoms with Crippen molar-refractivity contribution in [1.82, 2.24) is 0 Å². The zero-order chi connectivity index (χ0) is 18.7. The van der Waals surface area contributed by atoms with Crippen molar-refractivity contribution in [2.24, 2.45) is 23.7 Å². The van der Waals surface area contributed by atoms with Gasteiger partial charge in [-0.3, -0.25) is 14.4 Å². The first-order valence-electron chi connectivity index (χ1n) is 7.37. The quantitative estimate of drug-likeness (QED) is 0.410. The van der Waals surface area contributed by atoms with Gasteiger partial charge in [-0.05, 0) is 6.92 Å². The van der Waals surface area contributed by atoms with Gasteiger partial charge in [0.1, 0.15) is 11.9 Å². The molecular weight excluding hydrogens is 349 g/mol. The number of ketones is 1. The lowest BCUT2D eigenvalue weighted by molar-refractivity contribution is -0.192. The van der Waals surface area contributed by atoms with Gasteiger partial charge in [0, 0.05) is 5.57 Å². The Bertz CT molecular complexity index is 683. The molecule has 3 fully saturated rings. The van der Waals surface area contributed by atoms with E-state index in [1.54, 1.807) is 0 Å². The topological polar surface area (TPSA) is 96.0 Å². The molecule has 3 rings (SSSR count). The highest BCUT2D eigenvalue weighted by Crippen LogP contribution is 2.57. The lowest BCUT2D eigenvalue weighted by Gasteiger charge is -2.28. The largest absolute Gasteiger partial charge is 0.457 e. The molecule has 0 N–H and O–H groups in total. The van der Waals surface area contributed by atoms with Crippen LogP contribution in [0.5, 0.6) is 0 Å². The first-order chi connectivity index (χ1) is 11.5.